The van der Waals surface area contributed by atoms with E-state index in [1.807, 2.05) is 0 Å². The Labute approximate surface area is 150 Å². The molecule has 0 saturated carbocycles. The summed E-state index contributed by atoms with van der Waals surface area (Å²) in [6.07, 6.45) is 5.55. The average molecular weight is 348 g/mol. The minimum Gasteiger partial charge on any atom is -0.506 e. The number of nitrogen functional groups attached to an aromatic ring is 2. The fraction of sp³-hybridized carbons (Fsp3) is 0. The molecule has 6 N–H and O–H groups in total. The van der Waals surface area contributed by atoms with Crippen LogP contribution < -0.4 is 20.9 Å². The Hall–Kier alpha value is -3.98. The van der Waals surface area contributed by atoms with Crippen LogP contribution in [-0.2, 0) is 0 Å². The summed E-state index contributed by atoms with van der Waals surface area (Å²) in [6.45, 7) is 0. The van der Waals surface area contributed by atoms with Gasteiger partial charge in [-0.1, -0.05) is 5.92 Å². The Kier molecular flexibility index (Phi) is 4.46. The van der Waals surface area contributed by atoms with Crippen LogP contribution in [0, 0.1) is 12.3 Å². The largest absolute Gasteiger partial charge is 0.506 e. The summed E-state index contributed by atoms with van der Waals surface area (Å²) in [7, 11) is 0. The molecule has 130 valence electrons. The summed E-state index contributed by atoms with van der Waals surface area (Å²) >= 11 is 0. The smallest absolute Gasteiger partial charge is 0.143 e. The number of terminal acetylenes is 1. The summed E-state index contributed by atoms with van der Waals surface area (Å²) in [5.74, 6) is 4.08. The van der Waals surface area contributed by atoms with Crippen LogP contribution in [0.1, 0.15) is 5.56 Å². The molecular formula is C20H16N2O4. The lowest BCUT2D eigenvalue weighted by Gasteiger charge is -2.12. The first-order valence-electron chi connectivity index (χ1n) is 7.59. The van der Waals surface area contributed by atoms with Crippen molar-refractivity contribution in [2.75, 3.05) is 11.5 Å². The zero-order chi connectivity index (χ0) is 18.7. The molecule has 6 nitrogen and oxygen atoms in total. The lowest BCUT2D eigenvalue weighted by atomic mass is 10.2. The predicted molar refractivity (Wildman–Crippen MR) is 99.6 cm³/mol. The SMILES string of the molecule is C#Cc1cc(Oc2ccc(N)c(O)c2)ccc1Oc1ccc(N)c(O)c1. The van der Waals surface area contributed by atoms with E-state index in [1.165, 1.54) is 24.3 Å². The molecule has 6 heteroatoms. The quantitative estimate of drug-likeness (QED) is 0.324. The minimum absolute atomic E-state index is 0.0669. The number of anilines is 2. The van der Waals surface area contributed by atoms with Crippen molar-refractivity contribution in [1.29, 1.82) is 0 Å². The van der Waals surface area contributed by atoms with Gasteiger partial charge in [0.2, 0.25) is 0 Å². The number of nitrogens with two attached hydrogens (primary N) is 2. The van der Waals surface area contributed by atoms with Gasteiger partial charge in [0.05, 0.1) is 16.9 Å². The van der Waals surface area contributed by atoms with E-state index in [-0.39, 0.29) is 22.9 Å². The van der Waals surface area contributed by atoms with Gasteiger partial charge in [0.25, 0.3) is 0 Å². The van der Waals surface area contributed by atoms with Gasteiger partial charge in [-0.3, -0.25) is 0 Å². The van der Waals surface area contributed by atoms with E-state index in [1.54, 1.807) is 30.3 Å². The van der Waals surface area contributed by atoms with Crippen molar-refractivity contribution in [3.8, 4) is 46.8 Å². The van der Waals surface area contributed by atoms with Crippen LogP contribution in [0.4, 0.5) is 11.4 Å². The maximum atomic E-state index is 9.66. The Morgan fingerprint density at radius 3 is 1.77 bits per heavy atom. The van der Waals surface area contributed by atoms with Crippen molar-refractivity contribution >= 4 is 11.4 Å². The van der Waals surface area contributed by atoms with E-state index in [0.29, 0.717) is 28.6 Å². The van der Waals surface area contributed by atoms with Gasteiger partial charge in [-0.15, -0.1) is 6.42 Å². The van der Waals surface area contributed by atoms with Crippen LogP contribution in [-0.4, -0.2) is 10.2 Å². The standard InChI is InChI=1S/C20H16N2O4/c1-2-12-9-13(25-14-3-6-16(21)18(23)10-14)5-8-20(12)26-15-4-7-17(22)19(24)11-15/h1,3-11,23-24H,21-22H2. The molecule has 0 bridgehead atoms. The second-order valence-corrected chi connectivity index (χ2v) is 5.45. The lowest BCUT2D eigenvalue weighted by molar-refractivity contribution is 0.449. The summed E-state index contributed by atoms with van der Waals surface area (Å²) in [5, 5.41) is 19.3. The molecule has 0 aromatic heterocycles. The van der Waals surface area contributed by atoms with E-state index in [4.69, 9.17) is 27.4 Å². The Morgan fingerprint density at radius 1 is 0.731 bits per heavy atom. The van der Waals surface area contributed by atoms with Gasteiger partial charge >= 0.3 is 0 Å². The number of rotatable bonds is 4. The second kappa shape index (κ2) is 6.87. The molecular weight excluding hydrogens is 332 g/mol. The molecule has 0 saturated heterocycles. The van der Waals surface area contributed by atoms with Crippen LogP contribution >= 0.6 is 0 Å². The number of phenolic OH excluding ortho intramolecular Hbond substituents is 2. The highest BCUT2D eigenvalue weighted by Gasteiger charge is 2.09. The second-order valence-electron chi connectivity index (χ2n) is 5.45. The number of aromatic hydroxyl groups is 2. The zero-order valence-electron chi connectivity index (χ0n) is 13.6. The Balaban J connectivity index is 1.84. The van der Waals surface area contributed by atoms with E-state index in [2.05, 4.69) is 5.92 Å². The van der Waals surface area contributed by atoms with Crippen molar-refractivity contribution in [3.05, 3.63) is 60.2 Å². The number of hydrogen-bond acceptors (Lipinski definition) is 6. The van der Waals surface area contributed by atoms with Crippen molar-refractivity contribution in [1.82, 2.24) is 0 Å². The van der Waals surface area contributed by atoms with Gasteiger partial charge in [-0.25, -0.2) is 0 Å². The third-order valence-electron chi connectivity index (χ3n) is 3.57. The molecule has 3 aromatic rings. The summed E-state index contributed by atoms with van der Waals surface area (Å²) in [4.78, 5) is 0. The normalized spacial score (nSPS) is 10.1. The van der Waals surface area contributed by atoms with Gasteiger partial charge in [-0.2, -0.15) is 0 Å². The molecule has 0 aliphatic rings. The number of phenols is 2. The minimum atomic E-state index is -0.0760. The van der Waals surface area contributed by atoms with Crippen molar-refractivity contribution in [2.45, 2.75) is 0 Å². The van der Waals surface area contributed by atoms with E-state index >= 15 is 0 Å². The highest BCUT2D eigenvalue weighted by Crippen LogP contribution is 2.34. The molecule has 3 rings (SSSR count). The Bertz CT molecular complexity index is 1010. The van der Waals surface area contributed by atoms with Gasteiger partial charge < -0.3 is 31.2 Å². The molecule has 0 atom stereocenters. The summed E-state index contributed by atoms with van der Waals surface area (Å²) in [6, 6.07) is 14.1. The first-order chi connectivity index (χ1) is 12.5. The maximum absolute atomic E-state index is 9.66. The van der Waals surface area contributed by atoms with Crippen LogP contribution in [0.3, 0.4) is 0 Å². The summed E-state index contributed by atoms with van der Waals surface area (Å²) in [5.41, 5.74) is 12.1. The van der Waals surface area contributed by atoms with Crippen LogP contribution in [0.5, 0.6) is 34.5 Å². The monoisotopic (exact) mass is 348 g/mol. The van der Waals surface area contributed by atoms with Crippen LogP contribution in [0.2, 0.25) is 0 Å². The lowest BCUT2D eigenvalue weighted by Crippen LogP contribution is -1.92. The predicted octanol–water partition coefficient (Wildman–Crippen LogP) is 3.83. The van der Waals surface area contributed by atoms with E-state index < -0.39 is 0 Å². The molecule has 3 aromatic carbocycles. The first kappa shape index (κ1) is 16.9. The number of benzene rings is 3. The molecule has 0 aliphatic carbocycles. The van der Waals surface area contributed by atoms with Gasteiger partial charge in [-0.05, 0) is 36.4 Å². The maximum Gasteiger partial charge on any atom is 0.143 e. The fourth-order valence-electron chi connectivity index (χ4n) is 2.21. The molecule has 0 heterocycles. The molecule has 26 heavy (non-hydrogen) atoms. The number of hydrogen-bond donors (Lipinski definition) is 4. The van der Waals surface area contributed by atoms with Gasteiger partial charge in [0, 0.05) is 18.2 Å². The van der Waals surface area contributed by atoms with E-state index in [0.717, 1.165) is 0 Å². The molecule has 0 fully saturated rings. The topological polar surface area (TPSA) is 111 Å². The molecule has 0 unspecified atom stereocenters. The van der Waals surface area contributed by atoms with Crippen molar-refractivity contribution < 1.29 is 19.7 Å². The molecule has 0 amide bonds. The third-order valence-corrected chi connectivity index (χ3v) is 3.57. The highest BCUT2D eigenvalue weighted by atomic mass is 16.5. The summed E-state index contributed by atoms with van der Waals surface area (Å²) < 4.78 is 11.4. The Morgan fingerprint density at radius 2 is 1.23 bits per heavy atom. The zero-order valence-corrected chi connectivity index (χ0v) is 13.6. The number of ether oxygens (including phenoxy) is 2. The van der Waals surface area contributed by atoms with Crippen molar-refractivity contribution in [3.63, 3.8) is 0 Å². The fourth-order valence-corrected chi connectivity index (χ4v) is 2.21. The third kappa shape index (κ3) is 3.57. The van der Waals surface area contributed by atoms with E-state index in [9.17, 15) is 10.2 Å². The molecule has 0 spiro atoms. The van der Waals surface area contributed by atoms with Crippen LogP contribution in [0.15, 0.2) is 54.6 Å². The highest BCUT2D eigenvalue weighted by molar-refractivity contribution is 5.58. The van der Waals surface area contributed by atoms with Crippen LogP contribution in [0.25, 0.3) is 0 Å². The first-order valence-corrected chi connectivity index (χ1v) is 7.59. The van der Waals surface area contributed by atoms with Gasteiger partial charge in [0.15, 0.2) is 0 Å². The van der Waals surface area contributed by atoms with Gasteiger partial charge in [0.1, 0.15) is 34.5 Å². The van der Waals surface area contributed by atoms with Crippen molar-refractivity contribution in [2.24, 2.45) is 0 Å². The molecule has 0 radical (unpaired) electrons. The molecule has 0 aliphatic heterocycles. The average Bonchev–Trinajstić information content (AvgIpc) is 2.62.